The predicted octanol–water partition coefficient (Wildman–Crippen LogP) is 2.67. The van der Waals surface area contributed by atoms with E-state index in [4.69, 9.17) is 21.1 Å². The van der Waals surface area contributed by atoms with Gasteiger partial charge in [0.05, 0.1) is 25.4 Å². The average molecular weight is 515 g/mol. The van der Waals surface area contributed by atoms with Gasteiger partial charge in [-0.1, -0.05) is 17.7 Å². The summed E-state index contributed by atoms with van der Waals surface area (Å²) in [4.78, 5) is 6.40. The Bertz CT molecular complexity index is 588. The quantitative estimate of drug-likeness (QED) is 0.254. The van der Waals surface area contributed by atoms with Gasteiger partial charge in [0.25, 0.3) is 0 Å². The van der Waals surface area contributed by atoms with Gasteiger partial charge in [-0.15, -0.1) is 24.0 Å². The monoisotopic (exact) mass is 514 g/mol. The zero-order valence-electron chi connectivity index (χ0n) is 16.0. The number of guanidine groups is 1. The van der Waals surface area contributed by atoms with Crippen LogP contribution in [0.25, 0.3) is 0 Å². The number of ether oxygens (including phenoxy) is 2. The molecular formula is C18H29ClFIN4O2. The molecule has 1 fully saturated rings. The summed E-state index contributed by atoms with van der Waals surface area (Å²) in [5, 5.41) is 6.86. The highest BCUT2D eigenvalue weighted by Gasteiger charge is 2.29. The first kappa shape index (κ1) is 24.4. The fraction of sp³-hybridized carbons (Fsp3) is 0.611. The summed E-state index contributed by atoms with van der Waals surface area (Å²) in [6.45, 7) is 5.75. The lowest BCUT2D eigenvalue weighted by Gasteiger charge is -2.38. The molecule has 1 aliphatic rings. The summed E-state index contributed by atoms with van der Waals surface area (Å²) in [5.41, 5.74) is 0.503. The molecule has 1 aromatic rings. The second-order valence-corrected chi connectivity index (χ2v) is 6.61. The minimum atomic E-state index is -0.300. The van der Waals surface area contributed by atoms with Crippen molar-refractivity contribution in [3.8, 4) is 0 Å². The molecule has 154 valence electrons. The Hall–Kier alpha value is -0.680. The lowest BCUT2D eigenvalue weighted by Crippen LogP contribution is -2.48. The molecule has 1 heterocycles. The average Bonchev–Trinajstić information content (AvgIpc) is 2.62. The first-order valence-electron chi connectivity index (χ1n) is 8.79. The highest BCUT2D eigenvalue weighted by atomic mass is 127. The van der Waals surface area contributed by atoms with E-state index < -0.39 is 0 Å². The number of nitrogens with zero attached hydrogens (tertiary/aromatic N) is 2. The topological polar surface area (TPSA) is 58.1 Å². The van der Waals surface area contributed by atoms with E-state index in [0.717, 1.165) is 6.54 Å². The molecule has 1 aliphatic heterocycles. The zero-order chi connectivity index (χ0) is 18.9. The number of aliphatic imine (C=N–C) groups is 1. The Kier molecular flexibility index (Phi) is 11.5. The highest BCUT2D eigenvalue weighted by Crippen LogP contribution is 2.31. The third kappa shape index (κ3) is 7.34. The van der Waals surface area contributed by atoms with Crippen molar-refractivity contribution >= 4 is 41.5 Å². The Balaban J connectivity index is 0.00000364. The van der Waals surface area contributed by atoms with Crippen LogP contribution in [0.4, 0.5) is 4.39 Å². The van der Waals surface area contributed by atoms with Gasteiger partial charge in [0.15, 0.2) is 5.96 Å². The van der Waals surface area contributed by atoms with Gasteiger partial charge in [0.1, 0.15) is 5.82 Å². The summed E-state index contributed by atoms with van der Waals surface area (Å²) in [7, 11) is 3.34. The number of hydrogen-bond acceptors (Lipinski definition) is 4. The van der Waals surface area contributed by atoms with E-state index in [1.165, 1.54) is 6.07 Å². The fourth-order valence-electron chi connectivity index (χ4n) is 3.06. The number of rotatable bonds is 7. The molecule has 2 N–H and O–H groups in total. The lowest BCUT2D eigenvalue weighted by molar-refractivity contribution is -0.0343. The summed E-state index contributed by atoms with van der Waals surface area (Å²) in [6.07, 6.45) is 0.0935. The standard InChI is InChI=1S/C18H28ClFN4O2.HI/c1-13-12-24(8-10-26-13)16(17-14(19)5-4-6-15(17)20)11-23-18(21-2)22-7-9-25-3;/h4-6,13,16H,7-12H2,1-3H3,(H2,21,22,23);1H. The van der Waals surface area contributed by atoms with Gasteiger partial charge in [-0.3, -0.25) is 9.89 Å². The molecule has 6 nitrogen and oxygen atoms in total. The summed E-state index contributed by atoms with van der Waals surface area (Å²) in [6, 6.07) is 4.57. The van der Waals surface area contributed by atoms with Crippen LogP contribution < -0.4 is 10.6 Å². The molecule has 1 aromatic carbocycles. The second kappa shape index (κ2) is 12.7. The van der Waals surface area contributed by atoms with Gasteiger partial charge >= 0.3 is 0 Å². The van der Waals surface area contributed by atoms with Crippen LogP contribution in [0.15, 0.2) is 23.2 Å². The SMILES string of the molecule is CN=C(NCCOC)NCC(c1c(F)cccc1Cl)N1CCOC(C)C1.I. The number of halogens is 3. The molecule has 2 atom stereocenters. The van der Waals surface area contributed by atoms with Crippen LogP contribution in [0.1, 0.15) is 18.5 Å². The maximum atomic E-state index is 14.6. The molecule has 2 rings (SSSR count). The molecule has 27 heavy (non-hydrogen) atoms. The van der Waals surface area contributed by atoms with Gasteiger partial charge in [-0.2, -0.15) is 0 Å². The summed E-state index contributed by atoms with van der Waals surface area (Å²) in [5.74, 6) is 0.339. The molecule has 0 saturated carbocycles. The third-order valence-electron chi connectivity index (χ3n) is 4.33. The first-order valence-corrected chi connectivity index (χ1v) is 9.17. The maximum Gasteiger partial charge on any atom is 0.191 e. The van der Waals surface area contributed by atoms with Gasteiger partial charge in [-0.25, -0.2) is 4.39 Å². The molecule has 9 heteroatoms. The van der Waals surface area contributed by atoms with Gasteiger partial charge in [-0.05, 0) is 19.1 Å². The number of morpholine rings is 1. The molecule has 0 spiro atoms. The van der Waals surface area contributed by atoms with E-state index in [-0.39, 0.29) is 41.9 Å². The molecule has 0 bridgehead atoms. The van der Waals surface area contributed by atoms with E-state index in [2.05, 4.69) is 20.5 Å². The van der Waals surface area contributed by atoms with Crippen molar-refractivity contribution in [3.05, 3.63) is 34.6 Å². The van der Waals surface area contributed by atoms with Crippen molar-refractivity contribution in [2.75, 3.05) is 53.6 Å². The summed E-state index contributed by atoms with van der Waals surface area (Å²) < 4.78 is 25.2. The van der Waals surface area contributed by atoms with Crippen molar-refractivity contribution in [3.63, 3.8) is 0 Å². The van der Waals surface area contributed by atoms with Crippen molar-refractivity contribution < 1.29 is 13.9 Å². The Morgan fingerprint density at radius 2 is 2.26 bits per heavy atom. The van der Waals surface area contributed by atoms with Crippen molar-refractivity contribution in [2.45, 2.75) is 19.1 Å². The van der Waals surface area contributed by atoms with Crippen LogP contribution in [-0.2, 0) is 9.47 Å². The number of hydrogen-bond donors (Lipinski definition) is 2. The van der Waals surface area contributed by atoms with E-state index in [0.29, 0.717) is 49.4 Å². The van der Waals surface area contributed by atoms with Crippen LogP contribution in [0.2, 0.25) is 5.02 Å². The summed E-state index contributed by atoms with van der Waals surface area (Å²) >= 11 is 6.34. The van der Waals surface area contributed by atoms with E-state index in [9.17, 15) is 4.39 Å². The van der Waals surface area contributed by atoms with E-state index in [1.807, 2.05) is 6.92 Å². The van der Waals surface area contributed by atoms with Crippen LogP contribution in [0.3, 0.4) is 0 Å². The first-order chi connectivity index (χ1) is 12.6. The van der Waals surface area contributed by atoms with Gasteiger partial charge in [0.2, 0.25) is 0 Å². The molecule has 2 unspecified atom stereocenters. The van der Waals surface area contributed by atoms with Crippen molar-refractivity contribution in [1.82, 2.24) is 15.5 Å². The van der Waals surface area contributed by atoms with Crippen LogP contribution in [-0.4, -0.2) is 70.5 Å². The second-order valence-electron chi connectivity index (χ2n) is 6.20. The predicted molar refractivity (Wildman–Crippen MR) is 118 cm³/mol. The van der Waals surface area contributed by atoms with Crippen molar-refractivity contribution in [1.29, 1.82) is 0 Å². The number of nitrogens with one attached hydrogen (secondary N) is 2. The van der Waals surface area contributed by atoms with Crippen molar-refractivity contribution in [2.24, 2.45) is 4.99 Å². The Morgan fingerprint density at radius 3 is 2.89 bits per heavy atom. The van der Waals surface area contributed by atoms with Crippen LogP contribution in [0, 0.1) is 5.82 Å². The Morgan fingerprint density at radius 1 is 1.48 bits per heavy atom. The normalized spacial score (nSPS) is 19.3. The fourth-order valence-corrected chi connectivity index (χ4v) is 3.35. The van der Waals surface area contributed by atoms with Gasteiger partial charge in [0, 0.05) is 50.9 Å². The molecule has 0 aromatic heterocycles. The van der Waals surface area contributed by atoms with E-state index in [1.54, 1.807) is 26.3 Å². The van der Waals surface area contributed by atoms with Crippen LogP contribution in [0.5, 0.6) is 0 Å². The molecular weight excluding hydrogens is 486 g/mol. The molecule has 0 radical (unpaired) electrons. The number of benzene rings is 1. The lowest BCUT2D eigenvalue weighted by atomic mass is 10.0. The molecule has 1 saturated heterocycles. The minimum absolute atomic E-state index is 0. The minimum Gasteiger partial charge on any atom is -0.383 e. The molecule has 0 aliphatic carbocycles. The van der Waals surface area contributed by atoms with E-state index >= 15 is 0 Å². The largest absolute Gasteiger partial charge is 0.383 e. The van der Waals surface area contributed by atoms with Crippen LogP contribution >= 0.6 is 35.6 Å². The maximum absolute atomic E-state index is 14.6. The highest BCUT2D eigenvalue weighted by molar-refractivity contribution is 14.0. The number of methoxy groups -OCH3 is 1. The zero-order valence-corrected chi connectivity index (χ0v) is 19.1. The smallest absolute Gasteiger partial charge is 0.191 e. The molecule has 0 amide bonds. The van der Waals surface area contributed by atoms with Gasteiger partial charge < -0.3 is 20.1 Å². The third-order valence-corrected chi connectivity index (χ3v) is 4.66. The Labute approximate surface area is 182 Å².